The number of methoxy groups -OCH3 is 1. The third-order valence-corrected chi connectivity index (χ3v) is 5.55. The van der Waals surface area contributed by atoms with E-state index >= 15 is 0 Å². The summed E-state index contributed by atoms with van der Waals surface area (Å²) >= 11 is 2.39. The van der Waals surface area contributed by atoms with Crippen LogP contribution in [0, 0.1) is 0 Å². The topological polar surface area (TPSA) is 116 Å². The number of nitrogens with one attached hydrogen (secondary N) is 1. The largest absolute Gasteiger partial charge is 0.467 e. The lowest BCUT2D eigenvalue weighted by atomic mass is 10.2. The van der Waals surface area contributed by atoms with Crippen molar-refractivity contribution < 1.29 is 22.7 Å². The Kier molecular flexibility index (Phi) is 6.65. The first-order valence-electron chi connectivity index (χ1n) is 5.78. The third kappa shape index (κ3) is 5.30. The standard InChI is InChI=1S/C11H16N2O5S3/c1-18-11(15)8(3-4-19-2)13-10(14)7-5-9(20-6-7)21(12,16)17/h5-6,8H,3-4H2,1-2H3,(H,13,14)(H2,12,16,17). The SMILES string of the molecule is COC(=O)C(CCSC)NC(=O)c1csc(S(N)(=O)=O)c1. The molecule has 1 amide bonds. The smallest absolute Gasteiger partial charge is 0.328 e. The van der Waals surface area contributed by atoms with E-state index < -0.39 is 27.9 Å². The molecule has 10 heteroatoms. The van der Waals surface area contributed by atoms with E-state index in [4.69, 9.17) is 5.14 Å². The summed E-state index contributed by atoms with van der Waals surface area (Å²) < 4.78 is 26.9. The summed E-state index contributed by atoms with van der Waals surface area (Å²) in [6.45, 7) is 0. The van der Waals surface area contributed by atoms with Gasteiger partial charge in [0.15, 0.2) is 0 Å². The van der Waals surface area contributed by atoms with Crippen LogP contribution in [0.1, 0.15) is 16.8 Å². The molecule has 1 heterocycles. The van der Waals surface area contributed by atoms with Gasteiger partial charge in [0.05, 0.1) is 12.7 Å². The first-order valence-corrected chi connectivity index (χ1v) is 9.60. The maximum Gasteiger partial charge on any atom is 0.328 e. The van der Waals surface area contributed by atoms with E-state index in [-0.39, 0.29) is 9.77 Å². The zero-order valence-corrected chi connectivity index (χ0v) is 13.9. The van der Waals surface area contributed by atoms with Crippen molar-refractivity contribution in [2.45, 2.75) is 16.7 Å². The number of nitrogens with two attached hydrogens (primary N) is 1. The van der Waals surface area contributed by atoms with Crippen LogP contribution >= 0.6 is 23.1 Å². The average molecular weight is 352 g/mol. The molecule has 1 unspecified atom stereocenters. The van der Waals surface area contributed by atoms with E-state index in [0.29, 0.717) is 12.2 Å². The molecule has 0 saturated heterocycles. The quantitative estimate of drug-likeness (QED) is 0.687. The van der Waals surface area contributed by atoms with Gasteiger partial charge in [-0.1, -0.05) is 0 Å². The highest BCUT2D eigenvalue weighted by atomic mass is 32.2. The van der Waals surface area contributed by atoms with Crippen molar-refractivity contribution in [2.24, 2.45) is 5.14 Å². The zero-order chi connectivity index (χ0) is 16.0. The van der Waals surface area contributed by atoms with Crippen molar-refractivity contribution in [1.82, 2.24) is 5.32 Å². The molecule has 1 atom stereocenters. The molecule has 1 aromatic rings. The summed E-state index contributed by atoms with van der Waals surface area (Å²) in [6, 6.07) is 0.408. The number of carbonyl (C=O) groups is 2. The lowest BCUT2D eigenvalue weighted by molar-refractivity contribution is -0.142. The van der Waals surface area contributed by atoms with E-state index in [9.17, 15) is 18.0 Å². The van der Waals surface area contributed by atoms with Gasteiger partial charge >= 0.3 is 5.97 Å². The molecule has 21 heavy (non-hydrogen) atoms. The number of carbonyl (C=O) groups excluding carboxylic acids is 2. The summed E-state index contributed by atoms with van der Waals surface area (Å²) in [6.07, 6.45) is 2.30. The highest BCUT2D eigenvalue weighted by Crippen LogP contribution is 2.19. The molecule has 1 rings (SSSR count). The summed E-state index contributed by atoms with van der Waals surface area (Å²) in [5.41, 5.74) is 0.141. The number of sulfonamides is 1. The minimum absolute atomic E-state index is 0.105. The van der Waals surface area contributed by atoms with Crippen molar-refractivity contribution in [3.63, 3.8) is 0 Å². The minimum atomic E-state index is -3.84. The Labute approximate surface area is 131 Å². The zero-order valence-electron chi connectivity index (χ0n) is 11.5. The number of esters is 1. The summed E-state index contributed by atoms with van der Waals surface area (Å²) in [5, 5.41) is 8.88. The molecule has 0 aromatic carbocycles. The second-order valence-electron chi connectivity index (χ2n) is 4.03. The number of ether oxygens (including phenoxy) is 1. The Bertz CT molecular complexity index is 611. The molecule has 0 fully saturated rings. The number of hydrogen-bond donors (Lipinski definition) is 2. The van der Waals surface area contributed by atoms with Crippen LogP contribution < -0.4 is 10.5 Å². The molecule has 7 nitrogen and oxygen atoms in total. The second kappa shape index (κ2) is 7.78. The molecule has 0 aliphatic carbocycles. The van der Waals surface area contributed by atoms with Gasteiger partial charge in [0.2, 0.25) is 10.0 Å². The van der Waals surface area contributed by atoms with Crippen molar-refractivity contribution >= 4 is 45.0 Å². The average Bonchev–Trinajstić information content (AvgIpc) is 2.92. The van der Waals surface area contributed by atoms with Gasteiger partial charge in [-0.05, 0) is 24.5 Å². The first kappa shape index (κ1) is 18.0. The van der Waals surface area contributed by atoms with Gasteiger partial charge in [0.25, 0.3) is 5.91 Å². The molecule has 0 bridgehead atoms. The maximum atomic E-state index is 12.0. The normalized spacial score (nSPS) is 12.7. The molecule has 0 aliphatic heterocycles. The van der Waals surface area contributed by atoms with Gasteiger partial charge < -0.3 is 10.1 Å². The van der Waals surface area contributed by atoms with Crippen LogP contribution in [0.2, 0.25) is 0 Å². The number of thiophene rings is 1. The molecule has 0 spiro atoms. The molecular formula is C11H16N2O5S3. The lowest BCUT2D eigenvalue weighted by Gasteiger charge is -2.15. The lowest BCUT2D eigenvalue weighted by Crippen LogP contribution is -2.41. The Balaban J connectivity index is 2.82. The summed E-state index contributed by atoms with van der Waals surface area (Å²) in [7, 11) is -2.60. The van der Waals surface area contributed by atoms with Crippen LogP contribution in [0.5, 0.6) is 0 Å². The van der Waals surface area contributed by atoms with E-state index in [2.05, 4.69) is 10.1 Å². The fourth-order valence-corrected chi connectivity index (χ4v) is 3.51. The van der Waals surface area contributed by atoms with Crippen LogP contribution in [0.25, 0.3) is 0 Å². The highest BCUT2D eigenvalue weighted by molar-refractivity contribution is 7.98. The Hall–Kier alpha value is -1.10. The second-order valence-corrected chi connectivity index (χ2v) is 7.72. The van der Waals surface area contributed by atoms with Crippen molar-refractivity contribution in [1.29, 1.82) is 0 Å². The molecule has 0 aliphatic rings. The molecular weight excluding hydrogens is 336 g/mol. The van der Waals surface area contributed by atoms with Crippen LogP contribution in [0.4, 0.5) is 0 Å². The number of primary sulfonamides is 1. The van der Waals surface area contributed by atoms with Gasteiger partial charge in [-0.15, -0.1) is 11.3 Å². The van der Waals surface area contributed by atoms with Gasteiger partial charge in [-0.25, -0.2) is 18.4 Å². The van der Waals surface area contributed by atoms with Crippen molar-refractivity contribution in [3.05, 3.63) is 17.0 Å². The summed E-state index contributed by atoms with van der Waals surface area (Å²) in [4.78, 5) is 23.6. The van der Waals surface area contributed by atoms with E-state index in [0.717, 1.165) is 11.3 Å². The third-order valence-electron chi connectivity index (χ3n) is 2.52. The molecule has 118 valence electrons. The summed E-state index contributed by atoms with van der Waals surface area (Å²) in [5.74, 6) is -0.413. The number of thioether (sulfide) groups is 1. The predicted octanol–water partition coefficient (Wildman–Crippen LogP) is 0.420. The maximum absolute atomic E-state index is 12.0. The predicted molar refractivity (Wildman–Crippen MR) is 82.0 cm³/mol. The first-order chi connectivity index (χ1) is 9.79. The van der Waals surface area contributed by atoms with E-state index in [1.165, 1.54) is 30.3 Å². The number of hydrogen-bond acceptors (Lipinski definition) is 7. The number of rotatable bonds is 7. The van der Waals surface area contributed by atoms with Crippen molar-refractivity contribution in [3.8, 4) is 0 Å². The van der Waals surface area contributed by atoms with E-state index in [1.54, 1.807) is 0 Å². The Morgan fingerprint density at radius 3 is 2.67 bits per heavy atom. The van der Waals surface area contributed by atoms with E-state index in [1.807, 2.05) is 6.26 Å². The molecule has 0 saturated carbocycles. The molecule has 0 radical (unpaired) electrons. The van der Waals surface area contributed by atoms with Gasteiger partial charge in [-0.2, -0.15) is 11.8 Å². The fraction of sp³-hybridized carbons (Fsp3) is 0.455. The minimum Gasteiger partial charge on any atom is -0.467 e. The van der Waals surface area contributed by atoms with Crippen molar-refractivity contribution in [2.75, 3.05) is 19.1 Å². The Morgan fingerprint density at radius 1 is 1.52 bits per heavy atom. The van der Waals surface area contributed by atoms with Crippen LogP contribution in [0.3, 0.4) is 0 Å². The fourth-order valence-electron chi connectivity index (χ4n) is 1.45. The Morgan fingerprint density at radius 2 is 2.19 bits per heavy atom. The van der Waals surface area contributed by atoms with Gasteiger partial charge in [-0.3, -0.25) is 4.79 Å². The molecule has 1 aromatic heterocycles. The number of amides is 1. The monoisotopic (exact) mass is 352 g/mol. The van der Waals surface area contributed by atoms with Gasteiger partial charge in [0, 0.05) is 5.38 Å². The van der Waals surface area contributed by atoms with Crippen LogP contribution in [-0.4, -0.2) is 45.5 Å². The molecule has 3 N–H and O–H groups in total. The van der Waals surface area contributed by atoms with Crippen LogP contribution in [-0.2, 0) is 19.6 Å². The van der Waals surface area contributed by atoms with Gasteiger partial charge in [0.1, 0.15) is 10.3 Å². The highest BCUT2D eigenvalue weighted by Gasteiger charge is 2.23. The van der Waals surface area contributed by atoms with Crippen LogP contribution in [0.15, 0.2) is 15.7 Å².